The van der Waals surface area contributed by atoms with Gasteiger partial charge in [-0.05, 0) is 37.8 Å². The maximum atomic E-state index is 10.2. The first kappa shape index (κ1) is 17.0. The van der Waals surface area contributed by atoms with Crippen molar-refractivity contribution in [1.82, 2.24) is 0 Å². The number of rotatable bonds is 5. The molecule has 0 spiro atoms. The van der Waals surface area contributed by atoms with Crippen LogP contribution in [0.25, 0.3) is 0 Å². The molecule has 0 saturated heterocycles. The summed E-state index contributed by atoms with van der Waals surface area (Å²) in [6, 6.07) is 6.05. The monoisotopic (exact) mass is 265 g/mol. The number of amides is 2. The lowest BCUT2D eigenvalue weighted by Crippen LogP contribution is -2.12. The molecule has 0 saturated carbocycles. The molecule has 0 bridgehead atoms. The average Bonchev–Trinajstić information content (AvgIpc) is 2.32. The summed E-state index contributed by atoms with van der Waals surface area (Å²) in [5.41, 5.74) is 18.6. The van der Waals surface area contributed by atoms with Crippen LogP contribution in [0.4, 0.5) is 5.69 Å². The lowest BCUT2D eigenvalue weighted by atomic mass is 10.1. The molecule has 0 aliphatic heterocycles. The van der Waals surface area contributed by atoms with E-state index in [1.54, 1.807) is 0 Å². The zero-order valence-corrected chi connectivity index (χ0v) is 11.6. The van der Waals surface area contributed by atoms with E-state index in [0.717, 1.165) is 16.8 Å². The number of carbonyl (C=O) groups excluding carboxylic acids is 2. The summed E-state index contributed by atoms with van der Waals surface area (Å²) in [6.45, 7) is 4.03. The third-order valence-electron chi connectivity index (χ3n) is 2.64. The highest BCUT2D eigenvalue weighted by molar-refractivity contribution is 5.74. The van der Waals surface area contributed by atoms with Gasteiger partial charge in [0.15, 0.2) is 0 Å². The Kier molecular flexibility index (Phi) is 8.00. The first-order valence-electron chi connectivity index (χ1n) is 6.23. The molecule has 0 unspecified atom stereocenters. The van der Waals surface area contributed by atoms with Crippen LogP contribution in [0.3, 0.4) is 0 Å². The molecule has 0 radical (unpaired) electrons. The van der Waals surface area contributed by atoms with Crippen molar-refractivity contribution >= 4 is 17.5 Å². The lowest BCUT2D eigenvalue weighted by Gasteiger charge is -2.00. The van der Waals surface area contributed by atoms with Gasteiger partial charge in [0.05, 0.1) is 0 Å². The van der Waals surface area contributed by atoms with Gasteiger partial charge in [0.2, 0.25) is 11.8 Å². The van der Waals surface area contributed by atoms with Gasteiger partial charge in [-0.3, -0.25) is 9.59 Å². The normalized spacial score (nSPS) is 9.37. The highest BCUT2D eigenvalue weighted by atomic mass is 16.1. The number of aryl methyl sites for hydroxylation is 2. The Bertz CT molecular complexity index is 394. The van der Waals surface area contributed by atoms with Gasteiger partial charge in [0.25, 0.3) is 0 Å². The Labute approximate surface area is 114 Å². The Morgan fingerprint density at radius 3 is 1.58 bits per heavy atom. The Morgan fingerprint density at radius 2 is 1.32 bits per heavy atom. The van der Waals surface area contributed by atoms with Crippen LogP contribution in [0.5, 0.6) is 0 Å². The van der Waals surface area contributed by atoms with Gasteiger partial charge in [-0.2, -0.15) is 0 Å². The molecule has 1 aromatic carbocycles. The SMILES string of the molecule is Cc1cccc(C)c1N.NC(=O)CCCCC(N)=O. The van der Waals surface area contributed by atoms with Crippen LogP contribution in [-0.4, -0.2) is 11.8 Å². The predicted octanol–water partition coefficient (Wildman–Crippen LogP) is 1.40. The maximum Gasteiger partial charge on any atom is 0.217 e. The molecule has 2 amide bonds. The van der Waals surface area contributed by atoms with Crippen LogP contribution in [0, 0.1) is 13.8 Å². The average molecular weight is 265 g/mol. The summed E-state index contributed by atoms with van der Waals surface area (Å²) < 4.78 is 0. The number of hydrogen-bond donors (Lipinski definition) is 3. The van der Waals surface area contributed by atoms with Crippen LogP contribution in [0.2, 0.25) is 0 Å². The van der Waals surface area contributed by atoms with E-state index in [1.165, 1.54) is 0 Å². The Hall–Kier alpha value is -2.04. The fourth-order valence-corrected chi connectivity index (χ4v) is 1.43. The van der Waals surface area contributed by atoms with E-state index in [9.17, 15) is 9.59 Å². The summed E-state index contributed by atoms with van der Waals surface area (Å²) in [4.78, 5) is 20.3. The standard InChI is InChI=1S/C8H11N.C6H12N2O2/c1-6-4-3-5-7(2)8(6)9;7-5(9)3-1-2-4-6(8)10/h3-5H,9H2,1-2H3;1-4H2,(H2,7,9)(H2,8,10). The van der Waals surface area contributed by atoms with Gasteiger partial charge >= 0.3 is 0 Å². The third-order valence-corrected chi connectivity index (χ3v) is 2.64. The van der Waals surface area contributed by atoms with E-state index in [-0.39, 0.29) is 11.8 Å². The molecule has 0 atom stereocenters. The van der Waals surface area contributed by atoms with Crippen molar-refractivity contribution in [2.45, 2.75) is 39.5 Å². The summed E-state index contributed by atoms with van der Waals surface area (Å²) in [5.74, 6) is -0.658. The van der Waals surface area contributed by atoms with Gasteiger partial charge in [-0.1, -0.05) is 18.2 Å². The summed E-state index contributed by atoms with van der Waals surface area (Å²) in [5, 5.41) is 0. The smallest absolute Gasteiger partial charge is 0.217 e. The minimum atomic E-state index is -0.329. The number of benzene rings is 1. The number of nitrogens with two attached hydrogens (primary N) is 3. The van der Waals surface area contributed by atoms with Gasteiger partial charge in [0.1, 0.15) is 0 Å². The molecule has 5 nitrogen and oxygen atoms in total. The molecule has 6 N–H and O–H groups in total. The molecular weight excluding hydrogens is 242 g/mol. The van der Waals surface area contributed by atoms with E-state index in [0.29, 0.717) is 25.7 Å². The summed E-state index contributed by atoms with van der Waals surface area (Å²) in [7, 11) is 0. The number of nitrogen functional groups attached to an aromatic ring is 1. The van der Waals surface area contributed by atoms with Gasteiger partial charge in [0, 0.05) is 18.5 Å². The first-order chi connectivity index (χ1) is 8.84. The zero-order chi connectivity index (χ0) is 14.8. The van der Waals surface area contributed by atoms with Crippen LogP contribution < -0.4 is 17.2 Å². The Balaban J connectivity index is 0.000000342. The van der Waals surface area contributed by atoms with Crippen molar-refractivity contribution in [3.63, 3.8) is 0 Å². The number of primary amides is 2. The van der Waals surface area contributed by atoms with Crippen molar-refractivity contribution in [2.75, 3.05) is 5.73 Å². The van der Waals surface area contributed by atoms with E-state index in [1.807, 2.05) is 32.0 Å². The number of carbonyl (C=O) groups is 2. The highest BCUT2D eigenvalue weighted by Gasteiger charge is 1.96. The zero-order valence-electron chi connectivity index (χ0n) is 11.6. The van der Waals surface area contributed by atoms with E-state index >= 15 is 0 Å². The van der Waals surface area contributed by atoms with Crippen molar-refractivity contribution in [1.29, 1.82) is 0 Å². The van der Waals surface area contributed by atoms with Crippen molar-refractivity contribution in [3.8, 4) is 0 Å². The molecule has 1 rings (SSSR count). The van der Waals surface area contributed by atoms with Crippen LogP contribution >= 0.6 is 0 Å². The van der Waals surface area contributed by atoms with Crippen LogP contribution in [0.1, 0.15) is 36.8 Å². The van der Waals surface area contributed by atoms with Crippen LogP contribution in [-0.2, 0) is 9.59 Å². The topological polar surface area (TPSA) is 112 Å². The van der Waals surface area contributed by atoms with Crippen LogP contribution in [0.15, 0.2) is 18.2 Å². The molecule has 19 heavy (non-hydrogen) atoms. The second kappa shape index (κ2) is 8.97. The molecule has 0 aromatic heterocycles. The minimum Gasteiger partial charge on any atom is -0.398 e. The molecule has 0 heterocycles. The summed E-state index contributed by atoms with van der Waals surface area (Å²) in [6.07, 6.45) is 1.98. The molecule has 1 aromatic rings. The maximum absolute atomic E-state index is 10.2. The fraction of sp³-hybridized carbons (Fsp3) is 0.429. The fourth-order valence-electron chi connectivity index (χ4n) is 1.43. The third kappa shape index (κ3) is 8.65. The second-order valence-corrected chi connectivity index (χ2v) is 4.45. The van der Waals surface area contributed by atoms with Gasteiger partial charge in [-0.15, -0.1) is 0 Å². The lowest BCUT2D eigenvalue weighted by molar-refractivity contribution is -0.119. The molecular formula is C14H23N3O2. The van der Waals surface area contributed by atoms with Crippen molar-refractivity contribution in [3.05, 3.63) is 29.3 Å². The van der Waals surface area contributed by atoms with E-state index in [4.69, 9.17) is 17.2 Å². The Morgan fingerprint density at radius 1 is 0.947 bits per heavy atom. The number of unbranched alkanes of at least 4 members (excludes halogenated alkanes) is 1. The van der Waals surface area contributed by atoms with E-state index < -0.39 is 0 Å². The molecule has 0 aliphatic rings. The van der Waals surface area contributed by atoms with E-state index in [2.05, 4.69) is 0 Å². The highest BCUT2D eigenvalue weighted by Crippen LogP contribution is 2.13. The second-order valence-electron chi connectivity index (χ2n) is 4.45. The van der Waals surface area contributed by atoms with Gasteiger partial charge in [-0.25, -0.2) is 0 Å². The van der Waals surface area contributed by atoms with Crippen molar-refractivity contribution < 1.29 is 9.59 Å². The largest absolute Gasteiger partial charge is 0.398 e. The molecule has 5 heteroatoms. The molecule has 0 fully saturated rings. The molecule has 106 valence electrons. The minimum absolute atomic E-state index is 0.329. The molecule has 0 aliphatic carbocycles. The van der Waals surface area contributed by atoms with Gasteiger partial charge < -0.3 is 17.2 Å². The predicted molar refractivity (Wildman–Crippen MR) is 77.2 cm³/mol. The van der Waals surface area contributed by atoms with Crippen molar-refractivity contribution in [2.24, 2.45) is 11.5 Å². The summed E-state index contributed by atoms with van der Waals surface area (Å²) >= 11 is 0. The number of anilines is 1. The number of para-hydroxylation sites is 1. The quantitative estimate of drug-likeness (QED) is 0.552. The number of hydrogen-bond acceptors (Lipinski definition) is 3. The first-order valence-corrected chi connectivity index (χ1v) is 6.23.